The highest BCUT2D eigenvalue weighted by Gasteiger charge is 2.24. The third-order valence-corrected chi connectivity index (χ3v) is 1.98. The molecule has 1 aromatic heterocycles. The fourth-order valence-electron chi connectivity index (χ4n) is 0.791. The second kappa shape index (κ2) is 4.20. The second-order valence-corrected chi connectivity index (χ2v) is 3.83. The predicted octanol–water partition coefficient (Wildman–Crippen LogP) is 0.539. The van der Waals surface area contributed by atoms with E-state index in [2.05, 4.69) is 15.3 Å². The van der Waals surface area contributed by atoms with Crippen molar-refractivity contribution in [2.75, 3.05) is 11.9 Å². The van der Waals surface area contributed by atoms with Gasteiger partial charge in [0.25, 0.3) is 0 Å². The van der Waals surface area contributed by atoms with Crippen LogP contribution < -0.4 is 11.1 Å². The summed E-state index contributed by atoms with van der Waals surface area (Å²) in [5, 5.41) is 2.80. The first-order valence-electron chi connectivity index (χ1n) is 4.43. The van der Waals surface area contributed by atoms with E-state index in [1.165, 1.54) is 0 Å². The van der Waals surface area contributed by atoms with Crippen molar-refractivity contribution in [3.05, 3.63) is 18.2 Å². The van der Waals surface area contributed by atoms with Crippen LogP contribution in [-0.2, 0) is 4.79 Å². The van der Waals surface area contributed by atoms with E-state index in [0.717, 1.165) is 12.4 Å². The Bertz CT molecular complexity index is 350. The molecule has 0 saturated heterocycles. The number of anilines is 1. The van der Waals surface area contributed by atoms with Crippen LogP contribution in [-0.4, -0.2) is 22.4 Å². The number of hydrogen-bond donors (Lipinski definition) is 2. The molecule has 1 heterocycles. The quantitative estimate of drug-likeness (QED) is 0.763. The standard InChI is InChI=1S/C9H13FN4O/c1-9(2,7(11)15)5-14-8-12-3-6(10)4-13-8/h3-4H,5H2,1-2H3,(H2,11,15)(H,12,13,14). The third kappa shape index (κ3) is 3.16. The van der Waals surface area contributed by atoms with Gasteiger partial charge in [0.2, 0.25) is 11.9 Å². The van der Waals surface area contributed by atoms with Crippen molar-refractivity contribution < 1.29 is 9.18 Å². The zero-order valence-electron chi connectivity index (χ0n) is 8.62. The molecule has 3 N–H and O–H groups in total. The molecule has 0 bridgehead atoms. The van der Waals surface area contributed by atoms with Gasteiger partial charge in [-0.25, -0.2) is 14.4 Å². The molecule has 0 unspecified atom stereocenters. The summed E-state index contributed by atoms with van der Waals surface area (Å²) in [6.45, 7) is 3.70. The molecule has 1 aromatic rings. The lowest BCUT2D eigenvalue weighted by Crippen LogP contribution is -2.37. The van der Waals surface area contributed by atoms with E-state index in [1.54, 1.807) is 13.8 Å². The first kappa shape index (κ1) is 11.4. The average molecular weight is 212 g/mol. The van der Waals surface area contributed by atoms with Gasteiger partial charge in [-0.05, 0) is 13.8 Å². The number of rotatable bonds is 4. The Morgan fingerprint density at radius 2 is 2.07 bits per heavy atom. The minimum absolute atomic E-state index is 0.269. The topological polar surface area (TPSA) is 80.9 Å². The van der Waals surface area contributed by atoms with Crippen LogP contribution in [0.15, 0.2) is 12.4 Å². The molecule has 15 heavy (non-hydrogen) atoms. The highest BCUT2D eigenvalue weighted by molar-refractivity contribution is 5.80. The van der Waals surface area contributed by atoms with Crippen molar-refractivity contribution in [1.29, 1.82) is 0 Å². The number of carbonyl (C=O) groups is 1. The summed E-state index contributed by atoms with van der Waals surface area (Å²) in [5.74, 6) is -0.655. The molecule has 0 saturated carbocycles. The summed E-state index contributed by atoms with van der Waals surface area (Å²) < 4.78 is 12.5. The van der Waals surface area contributed by atoms with E-state index in [4.69, 9.17) is 5.73 Å². The van der Waals surface area contributed by atoms with Crippen molar-refractivity contribution in [1.82, 2.24) is 9.97 Å². The Hall–Kier alpha value is -1.72. The minimum atomic E-state index is -0.697. The van der Waals surface area contributed by atoms with Crippen molar-refractivity contribution in [2.24, 2.45) is 11.1 Å². The molecular formula is C9H13FN4O. The summed E-state index contributed by atoms with van der Waals surface area (Å²) in [4.78, 5) is 18.4. The summed E-state index contributed by atoms with van der Waals surface area (Å²) in [5.41, 5.74) is 4.48. The maximum absolute atomic E-state index is 12.5. The number of hydrogen-bond acceptors (Lipinski definition) is 4. The first-order valence-corrected chi connectivity index (χ1v) is 4.43. The molecule has 0 fully saturated rings. The van der Waals surface area contributed by atoms with Gasteiger partial charge >= 0.3 is 0 Å². The van der Waals surface area contributed by atoms with E-state index < -0.39 is 17.1 Å². The Balaban J connectivity index is 2.57. The van der Waals surface area contributed by atoms with E-state index in [-0.39, 0.29) is 5.95 Å². The van der Waals surface area contributed by atoms with Crippen LogP contribution in [0.1, 0.15) is 13.8 Å². The lowest BCUT2D eigenvalue weighted by molar-refractivity contribution is -0.125. The van der Waals surface area contributed by atoms with Crippen LogP contribution in [0, 0.1) is 11.2 Å². The first-order chi connectivity index (χ1) is 6.92. The van der Waals surface area contributed by atoms with E-state index in [9.17, 15) is 9.18 Å². The van der Waals surface area contributed by atoms with Gasteiger partial charge in [0.15, 0.2) is 5.82 Å². The molecule has 1 amide bonds. The smallest absolute Gasteiger partial charge is 0.224 e. The SMILES string of the molecule is CC(C)(CNc1ncc(F)cn1)C(N)=O. The Morgan fingerprint density at radius 1 is 1.53 bits per heavy atom. The number of nitrogens with one attached hydrogen (secondary N) is 1. The lowest BCUT2D eigenvalue weighted by Gasteiger charge is -2.20. The molecule has 0 aliphatic carbocycles. The van der Waals surface area contributed by atoms with Gasteiger partial charge in [-0.15, -0.1) is 0 Å². The molecule has 0 radical (unpaired) electrons. The number of aromatic nitrogens is 2. The molecule has 0 spiro atoms. The average Bonchev–Trinajstić information content (AvgIpc) is 2.17. The van der Waals surface area contributed by atoms with Gasteiger partial charge in [-0.1, -0.05) is 0 Å². The fourth-order valence-corrected chi connectivity index (χ4v) is 0.791. The zero-order valence-corrected chi connectivity index (χ0v) is 8.62. The number of amides is 1. The third-order valence-electron chi connectivity index (χ3n) is 1.98. The Morgan fingerprint density at radius 3 is 2.53 bits per heavy atom. The molecule has 0 aromatic carbocycles. The summed E-state index contributed by atoms with van der Waals surface area (Å²) in [7, 11) is 0. The monoisotopic (exact) mass is 212 g/mol. The molecular weight excluding hydrogens is 199 g/mol. The van der Waals surface area contributed by atoms with Crippen LogP contribution in [0.3, 0.4) is 0 Å². The Kier molecular flexibility index (Phi) is 3.18. The highest BCUT2D eigenvalue weighted by atomic mass is 19.1. The van der Waals surface area contributed by atoms with Crippen molar-refractivity contribution in [3.63, 3.8) is 0 Å². The van der Waals surface area contributed by atoms with Gasteiger partial charge < -0.3 is 11.1 Å². The second-order valence-electron chi connectivity index (χ2n) is 3.83. The van der Waals surface area contributed by atoms with Crippen molar-refractivity contribution >= 4 is 11.9 Å². The van der Waals surface area contributed by atoms with Crippen LogP contribution in [0.25, 0.3) is 0 Å². The number of nitrogens with two attached hydrogens (primary N) is 1. The van der Waals surface area contributed by atoms with E-state index in [0.29, 0.717) is 6.54 Å². The van der Waals surface area contributed by atoms with Crippen molar-refractivity contribution in [3.8, 4) is 0 Å². The number of carbonyl (C=O) groups excluding carboxylic acids is 1. The largest absolute Gasteiger partial charge is 0.369 e. The Labute approximate surface area is 86.9 Å². The molecule has 0 aliphatic heterocycles. The van der Waals surface area contributed by atoms with Gasteiger partial charge in [0.1, 0.15) is 0 Å². The summed E-state index contributed by atoms with van der Waals surface area (Å²) in [6, 6.07) is 0. The molecule has 0 atom stereocenters. The van der Waals surface area contributed by atoms with Crippen LogP contribution in [0.4, 0.5) is 10.3 Å². The van der Waals surface area contributed by atoms with E-state index >= 15 is 0 Å². The minimum Gasteiger partial charge on any atom is -0.369 e. The maximum Gasteiger partial charge on any atom is 0.224 e. The summed E-state index contributed by atoms with van der Waals surface area (Å²) >= 11 is 0. The molecule has 0 aliphatic rings. The van der Waals surface area contributed by atoms with E-state index in [1.807, 2.05) is 0 Å². The number of halogens is 1. The zero-order chi connectivity index (χ0) is 11.5. The van der Waals surface area contributed by atoms with Gasteiger partial charge in [-0.2, -0.15) is 0 Å². The van der Waals surface area contributed by atoms with Crippen LogP contribution >= 0.6 is 0 Å². The fraction of sp³-hybridized carbons (Fsp3) is 0.444. The van der Waals surface area contributed by atoms with Crippen molar-refractivity contribution in [2.45, 2.75) is 13.8 Å². The van der Waals surface area contributed by atoms with Gasteiger partial charge in [0.05, 0.1) is 17.8 Å². The lowest BCUT2D eigenvalue weighted by atomic mass is 9.93. The van der Waals surface area contributed by atoms with Gasteiger partial charge in [-0.3, -0.25) is 4.79 Å². The van der Waals surface area contributed by atoms with Gasteiger partial charge in [0, 0.05) is 6.54 Å². The molecule has 6 heteroatoms. The predicted molar refractivity (Wildman–Crippen MR) is 53.5 cm³/mol. The summed E-state index contributed by atoms with van der Waals surface area (Å²) in [6.07, 6.45) is 2.10. The normalized spacial score (nSPS) is 11.1. The van der Waals surface area contributed by atoms with Crippen LogP contribution in [0.5, 0.6) is 0 Å². The number of nitrogens with zero attached hydrogens (tertiary/aromatic N) is 2. The van der Waals surface area contributed by atoms with Crippen LogP contribution in [0.2, 0.25) is 0 Å². The molecule has 82 valence electrons. The highest BCUT2D eigenvalue weighted by Crippen LogP contribution is 2.14. The molecule has 1 rings (SSSR count). The maximum atomic E-state index is 12.5. The number of primary amides is 1. The molecule has 5 nitrogen and oxygen atoms in total.